The smallest absolute Gasteiger partial charge is 0.0322 e. The molecular weight excluding hydrogens is 230 g/mol. The predicted octanol–water partition coefficient (Wildman–Crippen LogP) is 4.41. The zero-order valence-corrected chi connectivity index (χ0v) is 12.3. The molecule has 0 amide bonds. The van der Waals surface area contributed by atoms with Crippen LogP contribution >= 0.6 is 0 Å². The van der Waals surface area contributed by atoms with Gasteiger partial charge in [0.05, 0.1) is 0 Å². The van der Waals surface area contributed by atoms with E-state index in [4.69, 9.17) is 0 Å². The van der Waals surface area contributed by atoms with E-state index < -0.39 is 0 Å². The summed E-state index contributed by atoms with van der Waals surface area (Å²) in [5.74, 6) is 0.972. The average Bonchev–Trinajstić information content (AvgIpc) is 2.41. The number of hydrogen-bond donors (Lipinski definition) is 1. The third-order valence-corrected chi connectivity index (χ3v) is 5.02. The van der Waals surface area contributed by atoms with E-state index in [1.54, 1.807) is 11.1 Å². The molecule has 0 bridgehead atoms. The van der Waals surface area contributed by atoms with Crippen LogP contribution in [0.25, 0.3) is 0 Å². The van der Waals surface area contributed by atoms with Gasteiger partial charge in [-0.3, -0.25) is 0 Å². The SMILES string of the molecule is CCNC(CC1CCC1)c1ccc2c(c1)CCCC2. The van der Waals surface area contributed by atoms with Gasteiger partial charge in [0.25, 0.3) is 0 Å². The van der Waals surface area contributed by atoms with E-state index in [0.29, 0.717) is 6.04 Å². The van der Waals surface area contributed by atoms with Crippen molar-refractivity contribution in [3.05, 3.63) is 34.9 Å². The van der Waals surface area contributed by atoms with Crippen molar-refractivity contribution >= 4 is 0 Å². The summed E-state index contributed by atoms with van der Waals surface area (Å²) in [4.78, 5) is 0. The summed E-state index contributed by atoms with van der Waals surface area (Å²) >= 11 is 0. The first kappa shape index (κ1) is 13.2. The van der Waals surface area contributed by atoms with Crippen LogP contribution in [0.2, 0.25) is 0 Å². The van der Waals surface area contributed by atoms with Gasteiger partial charge >= 0.3 is 0 Å². The summed E-state index contributed by atoms with van der Waals surface area (Å²) in [5, 5.41) is 3.70. The first-order valence-corrected chi connectivity index (χ1v) is 8.22. The van der Waals surface area contributed by atoms with E-state index in [1.165, 1.54) is 56.9 Å². The second-order valence-electron chi connectivity index (χ2n) is 6.38. The van der Waals surface area contributed by atoms with Crippen molar-refractivity contribution in [2.45, 2.75) is 64.3 Å². The predicted molar refractivity (Wildman–Crippen MR) is 81.5 cm³/mol. The normalized spacial score (nSPS) is 20.7. The second-order valence-corrected chi connectivity index (χ2v) is 6.38. The number of benzene rings is 1. The molecule has 1 N–H and O–H groups in total. The highest BCUT2D eigenvalue weighted by Crippen LogP contribution is 2.35. The van der Waals surface area contributed by atoms with Crippen LogP contribution in [0.15, 0.2) is 18.2 Å². The van der Waals surface area contributed by atoms with Gasteiger partial charge in [0, 0.05) is 6.04 Å². The molecule has 104 valence electrons. The third-order valence-electron chi connectivity index (χ3n) is 5.02. The third kappa shape index (κ3) is 3.02. The maximum atomic E-state index is 3.70. The maximum absolute atomic E-state index is 3.70. The summed E-state index contributed by atoms with van der Waals surface area (Å²) in [6.45, 7) is 3.31. The molecule has 1 unspecified atom stereocenters. The Balaban J connectivity index is 1.76. The Morgan fingerprint density at radius 3 is 2.58 bits per heavy atom. The highest BCUT2D eigenvalue weighted by Gasteiger charge is 2.23. The lowest BCUT2D eigenvalue weighted by Crippen LogP contribution is -2.26. The van der Waals surface area contributed by atoms with Gasteiger partial charge in [-0.2, -0.15) is 0 Å². The van der Waals surface area contributed by atoms with Crippen LogP contribution in [0.1, 0.15) is 68.2 Å². The molecule has 0 saturated heterocycles. The van der Waals surface area contributed by atoms with Gasteiger partial charge in [-0.1, -0.05) is 44.4 Å². The Hall–Kier alpha value is -0.820. The lowest BCUT2D eigenvalue weighted by molar-refractivity contribution is 0.262. The largest absolute Gasteiger partial charge is 0.310 e. The zero-order chi connectivity index (χ0) is 13.1. The molecular formula is C18H27N. The minimum atomic E-state index is 0.586. The molecule has 1 aromatic rings. The molecule has 1 atom stereocenters. The summed E-state index contributed by atoms with van der Waals surface area (Å²) in [6, 6.07) is 7.87. The average molecular weight is 257 g/mol. The van der Waals surface area contributed by atoms with Crippen LogP contribution in [0.3, 0.4) is 0 Å². The van der Waals surface area contributed by atoms with E-state index in [1.807, 2.05) is 0 Å². The van der Waals surface area contributed by atoms with Crippen molar-refractivity contribution in [2.75, 3.05) is 6.54 Å². The van der Waals surface area contributed by atoms with Crippen molar-refractivity contribution in [2.24, 2.45) is 5.92 Å². The van der Waals surface area contributed by atoms with Crippen molar-refractivity contribution in [1.29, 1.82) is 0 Å². The van der Waals surface area contributed by atoms with Crippen molar-refractivity contribution in [3.63, 3.8) is 0 Å². The van der Waals surface area contributed by atoms with Gasteiger partial charge in [-0.15, -0.1) is 0 Å². The molecule has 0 aromatic heterocycles. The van der Waals surface area contributed by atoms with Gasteiger partial charge in [-0.05, 0) is 61.3 Å². The zero-order valence-electron chi connectivity index (χ0n) is 12.3. The summed E-state index contributed by atoms with van der Waals surface area (Å²) in [6.07, 6.45) is 11.0. The molecule has 3 rings (SSSR count). The van der Waals surface area contributed by atoms with Gasteiger partial charge in [0.1, 0.15) is 0 Å². The van der Waals surface area contributed by atoms with E-state index >= 15 is 0 Å². The van der Waals surface area contributed by atoms with Crippen LogP contribution in [0.5, 0.6) is 0 Å². The fourth-order valence-corrected chi connectivity index (χ4v) is 3.62. The van der Waals surface area contributed by atoms with Crippen molar-refractivity contribution in [1.82, 2.24) is 5.32 Å². The second kappa shape index (κ2) is 6.09. The molecule has 0 aliphatic heterocycles. The molecule has 2 aliphatic rings. The van der Waals surface area contributed by atoms with Gasteiger partial charge in [0.15, 0.2) is 0 Å². The van der Waals surface area contributed by atoms with E-state index in [-0.39, 0.29) is 0 Å². The molecule has 1 heteroatoms. The Kier molecular flexibility index (Phi) is 4.22. The van der Waals surface area contributed by atoms with Crippen LogP contribution in [-0.2, 0) is 12.8 Å². The lowest BCUT2D eigenvalue weighted by atomic mass is 9.79. The van der Waals surface area contributed by atoms with Crippen molar-refractivity contribution < 1.29 is 0 Å². The Labute approximate surface area is 117 Å². The molecule has 1 aromatic carbocycles. The Morgan fingerprint density at radius 2 is 1.89 bits per heavy atom. The molecule has 1 saturated carbocycles. The van der Waals surface area contributed by atoms with E-state index in [9.17, 15) is 0 Å². The molecule has 1 fully saturated rings. The van der Waals surface area contributed by atoms with Gasteiger partial charge in [0.2, 0.25) is 0 Å². The Morgan fingerprint density at radius 1 is 1.11 bits per heavy atom. The number of nitrogens with one attached hydrogen (secondary N) is 1. The highest BCUT2D eigenvalue weighted by molar-refractivity contribution is 5.35. The molecule has 1 nitrogen and oxygen atoms in total. The molecule has 0 heterocycles. The number of fused-ring (bicyclic) bond motifs is 1. The standard InChI is InChI=1S/C18H27N/c1-2-19-18(12-14-6-5-7-14)17-11-10-15-8-3-4-9-16(15)13-17/h10-11,13-14,18-19H,2-9,12H2,1H3. The molecule has 0 spiro atoms. The van der Waals surface area contributed by atoms with Crippen LogP contribution in [0.4, 0.5) is 0 Å². The molecule has 0 radical (unpaired) electrons. The minimum Gasteiger partial charge on any atom is -0.310 e. The van der Waals surface area contributed by atoms with Crippen molar-refractivity contribution in [3.8, 4) is 0 Å². The molecule has 2 aliphatic carbocycles. The van der Waals surface area contributed by atoms with Gasteiger partial charge < -0.3 is 5.32 Å². The number of rotatable bonds is 5. The van der Waals surface area contributed by atoms with E-state index in [2.05, 4.69) is 30.4 Å². The fourth-order valence-electron chi connectivity index (χ4n) is 3.62. The fraction of sp³-hybridized carbons (Fsp3) is 0.667. The Bertz CT molecular complexity index is 420. The highest BCUT2D eigenvalue weighted by atomic mass is 14.9. The molecule has 19 heavy (non-hydrogen) atoms. The topological polar surface area (TPSA) is 12.0 Å². The van der Waals surface area contributed by atoms with Gasteiger partial charge in [-0.25, -0.2) is 0 Å². The first-order chi connectivity index (χ1) is 9.36. The summed E-state index contributed by atoms with van der Waals surface area (Å²) in [5.41, 5.74) is 4.77. The summed E-state index contributed by atoms with van der Waals surface area (Å²) in [7, 11) is 0. The minimum absolute atomic E-state index is 0.586. The number of aryl methyl sites for hydroxylation is 2. The summed E-state index contributed by atoms with van der Waals surface area (Å²) < 4.78 is 0. The van der Waals surface area contributed by atoms with Crippen LogP contribution in [0, 0.1) is 5.92 Å². The first-order valence-electron chi connectivity index (χ1n) is 8.22. The monoisotopic (exact) mass is 257 g/mol. The quantitative estimate of drug-likeness (QED) is 0.824. The number of hydrogen-bond acceptors (Lipinski definition) is 1. The van der Waals surface area contributed by atoms with Crippen LogP contribution < -0.4 is 5.32 Å². The van der Waals surface area contributed by atoms with E-state index in [0.717, 1.165) is 12.5 Å². The van der Waals surface area contributed by atoms with Crippen LogP contribution in [-0.4, -0.2) is 6.54 Å². The maximum Gasteiger partial charge on any atom is 0.0322 e. The lowest BCUT2D eigenvalue weighted by Gasteiger charge is -2.31.